The van der Waals surface area contributed by atoms with Gasteiger partial charge in [-0.2, -0.15) is 31.6 Å². The number of nitriles is 1. The molecule has 0 heterocycles. The molecule has 1 fully saturated rings. The van der Waals surface area contributed by atoms with E-state index in [1.54, 1.807) is 18.2 Å². The first-order valence-corrected chi connectivity index (χ1v) is 10.4. The minimum absolute atomic E-state index is 0.0444. The Morgan fingerprint density at radius 1 is 1.00 bits per heavy atom. The first kappa shape index (κ1) is 24.6. The molecule has 0 aromatic heterocycles. The van der Waals surface area contributed by atoms with Crippen molar-refractivity contribution < 1.29 is 31.1 Å². The second-order valence-corrected chi connectivity index (χ2v) is 8.40. The fraction of sp³-hybridized carbons (Fsp3) is 0.417. The molecule has 1 aliphatic rings. The summed E-state index contributed by atoms with van der Waals surface area (Å²) in [6, 6.07) is 12.4. The van der Waals surface area contributed by atoms with Gasteiger partial charge in [0.05, 0.1) is 28.7 Å². The van der Waals surface area contributed by atoms with Crippen molar-refractivity contribution in [2.45, 2.75) is 56.4 Å². The molecule has 0 bridgehead atoms. The predicted octanol–water partition coefficient (Wildman–Crippen LogP) is 6.55. The van der Waals surface area contributed by atoms with Gasteiger partial charge in [-0.15, -0.1) is 0 Å². The molecule has 3 rings (SSSR count). The Kier molecular flexibility index (Phi) is 6.78. The van der Waals surface area contributed by atoms with E-state index in [1.165, 1.54) is 6.92 Å². The van der Waals surface area contributed by atoms with Gasteiger partial charge in [-0.3, -0.25) is 4.79 Å². The lowest BCUT2D eigenvalue weighted by atomic mass is 9.72. The van der Waals surface area contributed by atoms with Crippen LogP contribution in [0.5, 0.6) is 0 Å². The second-order valence-electron chi connectivity index (χ2n) is 8.40. The highest BCUT2D eigenvalue weighted by Gasteiger charge is 2.41. The molecule has 1 N–H and O–H groups in total. The Morgan fingerprint density at radius 3 is 1.97 bits per heavy atom. The van der Waals surface area contributed by atoms with Crippen molar-refractivity contribution in [1.82, 2.24) is 5.32 Å². The van der Waals surface area contributed by atoms with Gasteiger partial charge in [0.1, 0.15) is 0 Å². The molecule has 0 aliphatic heterocycles. The van der Waals surface area contributed by atoms with Crippen LogP contribution in [0.4, 0.5) is 26.3 Å². The second kappa shape index (κ2) is 9.08. The van der Waals surface area contributed by atoms with E-state index in [0.29, 0.717) is 37.8 Å². The molecule has 2 aromatic rings. The quantitative estimate of drug-likeness (QED) is 0.517. The van der Waals surface area contributed by atoms with E-state index in [2.05, 4.69) is 11.4 Å². The van der Waals surface area contributed by atoms with Gasteiger partial charge < -0.3 is 5.32 Å². The average Bonchev–Trinajstić information content (AvgIpc) is 2.78. The van der Waals surface area contributed by atoms with Crippen molar-refractivity contribution >= 4 is 5.91 Å². The van der Waals surface area contributed by atoms with Gasteiger partial charge in [0, 0.05) is 5.92 Å². The van der Waals surface area contributed by atoms with Gasteiger partial charge >= 0.3 is 12.4 Å². The molecule has 1 saturated carbocycles. The fourth-order valence-electron chi connectivity index (χ4n) is 4.21. The number of amides is 1. The van der Waals surface area contributed by atoms with Crippen LogP contribution in [0.25, 0.3) is 0 Å². The highest BCUT2D eigenvalue weighted by atomic mass is 19.4. The van der Waals surface area contributed by atoms with E-state index in [9.17, 15) is 36.4 Å². The summed E-state index contributed by atoms with van der Waals surface area (Å²) >= 11 is 0. The fourth-order valence-corrected chi connectivity index (χ4v) is 4.21. The molecule has 9 heteroatoms. The predicted molar refractivity (Wildman–Crippen MR) is 109 cm³/mol. The smallest absolute Gasteiger partial charge is 0.346 e. The number of carbonyl (C=O) groups excluding carboxylic acids is 1. The summed E-state index contributed by atoms with van der Waals surface area (Å²) in [5.41, 5.74) is -3.36. The molecule has 176 valence electrons. The number of hydrogen-bond donors (Lipinski definition) is 1. The van der Waals surface area contributed by atoms with Crippen molar-refractivity contribution in [2.75, 3.05) is 0 Å². The third kappa shape index (κ3) is 5.49. The number of hydrogen-bond acceptors (Lipinski definition) is 2. The maximum Gasteiger partial charge on any atom is 0.416 e. The summed E-state index contributed by atoms with van der Waals surface area (Å²) in [6.07, 6.45) is -8.09. The number of nitrogens with one attached hydrogen (secondary N) is 1. The van der Waals surface area contributed by atoms with Crippen LogP contribution in [-0.4, -0.2) is 5.91 Å². The third-order valence-electron chi connectivity index (χ3n) is 6.21. The number of rotatable bonds is 4. The van der Waals surface area contributed by atoms with E-state index >= 15 is 0 Å². The van der Waals surface area contributed by atoms with Crippen LogP contribution in [0.1, 0.15) is 60.8 Å². The first-order chi connectivity index (χ1) is 15.4. The lowest BCUT2D eigenvalue weighted by molar-refractivity contribution is -0.143. The van der Waals surface area contributed by atoms with Crippen LogP contribution in [0.15, 0.2) is 48.5 Å². The molecule has 0 spiro atoms. The summed E-state index contributed by atoms with van der Waals surface area (Å²) < 4.78 is 79.4. The molecule has 3 nitrogen and oxygen atoms in total. The highest BCUT2D eigenvalue weighted by molar-refractivity contribution is 5.84. The van der Waals surface area contributed by atoms with Crippen molar-refractivity contribution in [3.05, 3.63) is 70.8 Å². The molecule has 0 radical (unpaired) electrons. The maximum atomic E-state index is 13.2. The van der Waals surface area contributed by atoms with Crippen molar-refractivity contribution in [3.63, 3.8) is 0 Å². The van der Waals surface area contributed by atoms with Crippen LogP contribution < -0.4 is 5.32 Å². The van der Waals surface area contributed by atoms with Crippen molar-refractivity contribution in [1.29, 1.82) is 5.26 Å². The number of alkyl halides is 6. The SMILES string of the molecule is CC(C(=O)NC1(c2ccccc2)CCC(C#N)CC1)c1cc(C(F)(F)F)cc(C(F)(F)F)c1. The van der Waals surface area contributed by atoms with E-state index in [4.69, 9.17) is 0 Å². The van der Waals surface area contributed by atoms with E-state index in [1.807, 2.05) is 12.1 Å². The Labute approximate surface area is 187 Å². The average molecular weight is 468 g/mol. The topological polar surface area (TPSA) is 52.9 Å². The summed E-state index contributed by atoms with van der Waals surface area (Å²) in [4.78, 5) is 13.1. The number of benzene rings is 2. The van der Waals surface area contributed by atoms with Crippen LogP contribution in [-0.2, 0) is 22.7 Å². The minimum atomic E-state index is -4.99. The van der Waals surface area contributed by atoms with Crippen LogP contribution in [0.3, 0.4) is 0 Å². The minimum Gasteiger partial charge on any atom is -0.346 e. The lowest BCUT2D eigenvalue weighted by Gasteiger charge is -2.40. The molecule has 1 amide bonds. The monoisotopic (exact) mass is 468 g/mol. The summed E-state index contributed by atoms with van der Waals surface area (Å²) in [6.45, 7) is 1.28. The van der Waals surface area contributed by atoms with Gasteiger partial charge in [-0.1, -0.05) is 30.3 Å². The van der Waals surface area contributed by atoms with Crippen LogP contribution >= 0.6 is 0 Å². The van der Waals surface area contributed by atoms with Crippen molar-refractivity contribution in [3.8, 4) is 6.07 Å². The molecule has 1 aliphatic carbocycles. The van der Waals surface area contributed by atoms with E-state index in [0.717, 1.165) is 5.56 Å². The molecular weight excluding hydrogens is 446 g/mol. The van der Waals surface area contributed by atoms with E-state index < -0.39 is 40.8 Å². The first-order valence-electron chi connectivity index (χ1n) is 10.4. The number of carbonyl (C=O) groups is 1. The Balaban J connectivity index is 1.95. The van der Waals surface area contributed by atoms with E-state index in [-0.39, 0.29) is 17.5 Å². The summed E-state index contributed by atoms with van der Waals surface area (Å²) in [5.74, 6) is -2.11. The molecule has 0 saturated heterocycles. The largest absolute Gasteiger partial charge is 0.416 e. The normalized spacial score (nSPS) is 22.3. The molecule has 1 atom stereocenters. The zero-order valence-corrected chi connectivity index (χ0v) is 17.7. The molecular formula is C24H22F6N2O. The van der Waals surface area contributed by atoms with Gasteiger partial charge in [0.2, 0.25) is 5.91 Å². The van der Waals surface area contributed by atoms with Gasteiger partial charge in [-0.25, -0.2) is 0 Å². The van der Waals surface area contributed by atoms with Crippen molar-refractivity contribution in [2.24, 2.45) is 5.92 Å². The zero-order chi connectivity index (χ0) is 24.4. The Hall–Kier alpha value is -3.02. The zero-order valence-electron chi connectivity index (χ0n) is 17.7. The summed E-state index contributed by atoms with van der Waals surface area (Å²) in [5, 5.41) is 12.1. The summed E-state index contributed by atoms with van der Waals surface area (Å²) in [7, 11) is 0. The maximum absolute atomic E-state index is 13.2. The Bertz CT molecular complexity index is 999. The lowest BCUT2D eigenvalue weighted by Crippen LogP contribution is -2.49. The van der Waals surface area contributed by atoms with Crippen LogP contribution in [0.2, 0.25) is 0 Å². The highest BCUT2D eigenvalue weighted by Crippen LogP contribution is 2.41. The van der Waals surface area contributed by atoms with Crippen LogP contribution in [0, 0.1) is 17.2 Å². The van der Waals surface area contributed by atoms with Gasteiger partial charge in [0.15, 0.2) is 0 Å². The standard InChI is InChI=1S/C24H22F6N2O/c1-15(17-11-19(23(25,26)27)13-20(12-17)24(28,29)30)21(33)32-22(18-5-3-2-4-6-18)9-7-16(14-31)8-10-22/h2-6,11-13,15-16H,7-10H2,1H3,(H,32,33). The third-order valence-corrected chi connectivity index (χ3v) is 6.21. The number of halogens is 6. The molecule has 2 aromatic carbocycles. The molecule has 33 heavy (non-hydrogen) atoms. The number of nitrogens with zero attached hydrogens (tertiary/aromatic N) is 1. The Morgan fingerprint density at radius 2 is 1.52 bits per heavy atom. The van der Waals surface area contributed by atoms with Gasteiger partial charge in [-0.05, 0) is 61.9 Å². The van der Waals surface area contributed by atoms with Gasteiger partial charge in [0.25, 0.3) is 0 Å². The molecule has 1 unspecified atom stereocenters.